The first-order chi connectivity index (χ1) is 19.0. The number of halogens is 3. The van der Waals surface area contributed by atoms with E-state index in [2.05, 4.69) is 25.8 Å². The number of carboxylic acids is 1. The summed E-state index contributed by atoms with van der Waals surface area (Å²) in [7, 11) is 0. The van der Waals surface area contributed by atoms with E-state index in [-0.39, 0.29) is 18.2 Å². The van der Waals surface area contributed by atoms with Gasteiger partial charge in [-0.3, -0.25) is 24.6 Å². The lowest BCUT2D eigenvalue weighted by Gasteiger charge is -2.33. The molecule has 3 fully saturated rings. The molecule has 4 aliphatic rings. The number of nitrogens with one attached hydrogen (secondary N) is 2. The average Bonchev–Trinajstić information content (AvgIpc) is 3.53. The Hall–Kier alpha value is -3.85. The SMILES string of the molecule is O=C(O)C(F)(F)F.O=C1CCC(N2Cc3cc(-n4cc(C(C5CC5)N5CCNCC5)nn4)ccc3C2=O)C(=O)N1. The fraction of sp³-hybridized carbons (Fsp3) is 0.520. The summed E-state index contributed by atoms with van der Waals surface area (Å²) in [5, 5.41) is 21.8. The number of aliphatic carboxylic acids is 1. The van der Waals surface area contributed by atoms with E-state index < -0.39 is 24.1 Å². The molecule has 2 saturated heterocycles. The van der Waals surface area contributed by atoms with Crippen molar-refractivity contribution in [3.05, 3.63) is 41.2 Å². The summed E-state index contributed by atoms with van der Waals surface area (Å²) in [6.07, 6.45) is 0.00960. The lowest BCUT2D eigenvalue weighted by molar-refractivity contribution is -0.192. The molecule has 12 nitrogen and oxygen atoms in total. The number of piperidine rings is 1. The van der Waals surface area contributed by atoms with Crippen molar-refractivity contribution in [1.29, 1.82) is 0 Å². The minimum Gasteiger partial charge on any atom is -0.475 e. The minimum atomic E-state index is -5.08. The van der Waals surface area contributed by atoms with E-state index in [0.29, 0.717) is 30.5 Å². The van der Waals surface area contributed by atoms with E-state index in [1.165, 1.54) is 12.8 Å². The van der Waals surface area contributed by atoms with E-state index in [1.54, 1.807) is 15.6 Å². The third-order valence-corrected chi connectivity index (χ3v) is 7.44. The molecule has 15 heteroatoms. The molecule has 3 aliphatic heterocycles. The number of alkyl halides is 3. The Labute approximate surface area is 226 Å². The Morgan fingerprint density at radius 2 is 1.80 bits per heavy atom. The first-order valence-corrected chi connectivity index (χ1v) is 13.0. The van der Waals surface area contributed by atoms with Gasteiger partial charge in [-0.1, -0.05) is 5.21 Å². The standard InChI is InChI=1S/C23H27N7O3.C2HF3O2/c31-20-6-5-19(22(32)25-20)29-12-15-11-16(3-4-17(15)23(29)33)30-13-18(26-27-30)21(14-1-2-14)28-9-7-24-8-10-28;3-2(4,5)1(6)7/h3-4,11,13-14,19,21,24H,1-2,5-10,12H2,(H,25,31,32);(H,6,7). The van der Waals surface area contributed by atoms with Gasteiger partial charge in [0.25, 0.3) is 5.91 Å². The number of hydrogen-bond donors (Lipinski definition) is 3. The number of benzene rings is 1. The van der Waals surface area contributed by atoms with Crippen LogP contribution >= 0.6 is 0 Å². The minimum absolute atomic E-state index is 0.169. The van der Waals surface area contributed by atoms with Gasteiger partial charge in [0, 0.05) is 44.7 Å². The molecule has 0 spiro atoms. The lowest BCUT2D eigenvalue weighted by Crippen LogP contribution is -2.52. The van der Waals surface area contributed by atoms with Crippen LogP contribution in [0.1, 0.15) is 53.3 Å². The maximum Gasteiger partial charge on any atom is 0.490 e. The van der Waals surface area contributed by atoms with Crippen LogP contribution in [0, 0.1) is 5.92 Å². The molecule has 214 valence electrons. The second kappa shape index (κ2) is 11.0. The predicted molar refractivity (Wildman–Crippen MR) is 131 cm³/mol. The molecular weight excluding hydrogens is 535 g/mol. The van der Waals surface area contributed by atoms with Gasteiger partial charge in [0.15, 0.2) is 0 Å². The van der Waals surface area contributed by atoms with E-state index in [4.69, 9.17) is 9.90 Å². The molecule has 2 atom stereocenters. The third kappa shape index (κ3) is 5.84. The first-order valence-electron chi connectivity index (χ1n) is 13.0. The second-order valence-electron chi connectivity index (χ2n) is 10.2. The smallest absolute Gasteiger partial charge is 0.475 e. The summed E-state index contributed by atoms with van der Waals surface area (Å²) >= 11 is 0. The largest absolute Gasteiger partial charge is 0.490 e. The van der Waals surface area contributed by atoms with Crippen LogP contribution in [0.4, 0.5) is 13.2 Å². The number of carbonyl (C=O) groups excluding carboxylic acids is 3. The van der Waals surface area contributed by atoms with E-state index >= 15 is 0 Å². The van der Waals surface area contributed by atoms with Crippen molar-refractivity contribution in [1.82, 2.24) is 35.4 Å². The summed E-state index contributed by atoms with van der Waals surface area (Å²) < 4.78 is 33.5. The fourth-order valence-corrected chi connectivity index (χ4v) is 5.34. The van der Waals surface area contributed by atoms with Crippen LogP contribution < -0.4 is 10.6 Å². The van der Waals surface area contributed by atoms with Crippen molar-refractivity contribution in [2.24, 2.45) is 5.92 Å². The number of imide groups is 1. The van der Waals surface area contributed by atoms with Crippen LogP contribution in [0.25, 0.3) is 5.69 Å². The van der Waals surface area contributed by atoms with Crippen LogP contribution in [-0.2, 0) is 20.9 Å². The van der Waals surface area contributed by atoms with Crippen LogP contribution in [0.5, 0.6) is 0 Å². The van der Waals surface area contributed by atoms with E-state index in [9.17, 15) is 27.6 Å². The molecule has 3 amide bonds. The van der Waals surface area contributed by atoms with E-state index in [0.717, 1.165) is 43.1 Å². The topological polar surface area (TPSA) is 150 Å². The third-order valence-electron chi connectivity index (χ3n) is 7.44. The molecule has 1 aromatic heterocycles. The van der Waals surface area contributed by atoms with Gasteiger partial charge in [-0.05, 0) is 48.9 Å². The van der Waals surface area contributed by atoms with Crippen molar-refractivity contribution in [2.45, 2.75) is 50.5 Å². The van der Waals surface area contributed by atoms with Crippen LogP contribution in [0.3, 0.4) is 0 Å². The Morgan fingerprint density at radius 3 is 2.42 bits per heavy atom. The van der Waals surface area contributed by atoms with Crippen molar-refractivity contribution in [3.63, 3.8) is 0 Å². The molecular formula is C25H28F3N7O5. The highest BCUT2D eigenvalue weighted by Gasteiger charge is 2.40. The van der Waals surface area contributed by atoms with Gasteiger partial charge in [0.2, 0.25) is 11.8 Å². The number of hydrogen-bond acceptors (Lipinski definition) is 8. The summed E-state index contributed by atoms with van der Waals surface area (Å²) in [5.74, 6) is -2.96. The Kier molecular flexibility index (Phi) is 7.59. The molecule has 40 heavy (non-hydrogen) atoms. The zero-order chi connectivity index (χ0) is 28.6. The van der Waals surface area contributed by atoms with E-state index in [1.807, 2.05) is 18.3 Å². The number of carboxylic acid groups (broad SMARTS) is 1. The lowest BCUT2D eigenvalue weighted by atomic mass is 10.0. The summed E-state index contributed by atoms with van der Waals surface area (Å²) in [5.41, 5.74) is 3.31. The zero-order valence-corrected chi connectivity index (χ0v) is 21.4. The molecule has 2 aromatic rings. The van der Waals surface area contributed by atoms with Crippen molar-refractivity contribution >= 4 is 23.7 Å². The van der Waals surface area contributed by atoms with Crippen LogP contribution in [0.2, 0.25) is 0 Å². The number of nitrogens with zero attached hydrogens (tertiary/aromatic N) is 5. The number of aromatic nitrogens is 3. The number of amides is 3. The molecule has 0 bridgehead atoms. The van der Waals surface area contributed by atoms with Gasteiger partial charge in [0.05, 0.1) is 17.9 Å². The van der Waals surface area contributed by atoms with Crippen molar-refractivity contribution in [3.8, 4) is 5.69 Å². The number of fused-ring (bicyclic) bond motifs is 1. The zero-order valence-electron chi connectivity index (χ0n) is 21.4. The average molecular weight is 564 g/mol. The highest BCUT2D eigenvalue weighted by molar-refractivity contribution is 6.05. The fourth-order valence-electron chi connectivity index (χ4n) is 5.34. The summed E-state index contributed by atoms with van der Waals surface area (Å²) in [6.45, 7) is 4.39. The summed E-state index contributed by atoms with van der Waals surface area (Å²) in [4.78, 5) is 49.7. The quantitative estimate of drug-likeness (QED) is 0.453. The van der Waals surface area contributed by atoms with Gasteiger partial charge < -0.3 is 15.3 Å². The highest BCUT2D eigenvalue weighted by atomic mass is 19.4. The molecule has 1 aromatic carbocycles. The van der Waals surface area contributed by atoms with Crippen LogP contribution in [0.15, 0.2) is 24.4 Å². The van der Waals surface area contributed by atoms with Gasteiger partial charge >= 0.3 is 12.1 Å². The molecule has 2 unspecified atom stereocenters. The van der Waals surface area contributed by atoms with Crippen molar-refractivity contribution in [2.75, 3.05) is 26.2 Å². The predicted octanol–water partition coefficient (Wildman–Crippen LogP) is 1.02. The monoisotopic (exact) mass is 563 g/mol. The second-order valence-corrected chi connectivity index (χ2v) is 10.2. The molecule has 1 aliphatic carbocycles. The summed E-state index contributed by atoms with van der Waals surface area (Å²) in [6, 6.07) is 5.33. The maximum absolute atomic E-state index is 12.9. The van der Waals surface area contributed by atoms with Gasteiger partial charge in [-0.15, -0.1) is 5.10 Å². The Balaban J connectivity index is 0.000000411. The maximum atomic E-state index is 12.9. The molecule has 4 heterocycles. The normalized spacial score (nSPS) is 22.3. The molecule has 1 saturated carbocycles. The number of piperazine rings is 1. The number of rotatable bonds is 5. The Bertz CT molecular complexity index is 1320. The molecule has 6 rings (SSSR count). The van der Waals surface area contributed by atoms with Gasteiger partial charge in [-0.2, -0.15) is 13.2 Å². The van der Waals surface area contributed by atoms with Gasteiger partial charge in [-0.25, -0.2) is 9.48 Å². The van der Waals surface area contributed by atoms with Crippen LogP contribution in [-0.4, -0.2) is 92.0 Å². The van der Waals surface area contributed by atoms with Crippen molar-refractivity contribution < 1.29 is 37.5 Å². The highest BCUT2D eigenvalue weighted by Crippen LogP contribution is 2.44. The number of carbonyl (C=O) groups is 4. The first kappa shape index (κ1) is 27.7. The molecule has 0 radical (unpaired) electrons. The van der Waals surface area contributed by atoms with Gasteiger partial charge in [0.1, 0.15) is 11.7 Å². The Morgan fingerprint density at radius 1 is 1.10 bits per heavy atom. The molecule has 3 N–H and O–H groups in total.